The molecule has 0 aromatic heterocycles. The molecule has 2 fully saturated rings. The third-order valence-corrected chi connectivity index (χ3v) is 4.13. The summed E-state index contributed by atoms with van der Waals surface area (Å²) in [5.41, 5.74) is 0.419. The van der Waals surface area contributed by atoms with E-state index in [2.05, 4.69) is 31.1 Å². The minimum atomic E-state index is 0.419. The second-order valence-corrected chi connectivity index (χ2v) is 5.48. The molecule has 2 nitrogen and oxygen atoms in total. The Morgan fingerprint density at radius 2 is 2.00 bits per heavy atom. The van der Waals surface area contributed by atoms with E-state index in [1.54, 1.807) is 0 Å². The van der Waals surface area contributed by atoms with Gasteiger partial charge in [-0.1, -0.05) is 0 Å². The Morgan fingerprint density at radius 3 is 2.57 bits per heavy atom. The van der Waals surface area contributed by atoms with Crippen molar-refractivity contribution in [3.63, 3.8) is 0 Å². The number of nitrogens with zero attached hydrogens (tertiary/aromatic N) is 1. The summed E-state index contributed by atoms with van der Waals surface area (Å²) in [7, 11) is 2.08. The van der Waals surface area contributed by atoms with Crippen LogP contribution in [-0.4, -0.2) is 36.6 Å². The van der Waals surface area contributed by atoms with Gasteiger partial charge in [-0.15, -0.1) is 0 Å². The molecule has 82 valence electrons. The van der Waals surface area contributed by atoms with Crippen LogP contribution in [0.15, 0.2) is 0 Å². The van der Waals surface area contributed by atoms with E-state index in [0.717, 1.165) is 12.0 Å². The minimum Gasteiger partial charge on any atom is -0.319 e. The van der Waals surface area contributed by atoms with Gasteiger partial charge < -0.3 is 5.32 Å². The fourth-order valence-corrected chi connectivity index (χ4v) is 3.02. The first-order chi connectivity index (χ1) is 6.66. The second-order valence-electron chi connectivity index (χ2n) is 5.48. The molecule has 1 saturated heterocycles. The molecule has 0 aromatic carbocycles. The van der Waals surface area contributed by atoms with Crippen molar-refractivity contribution in [3.8, 4) is 0 Å². The van der Waals surface area contributed by atoms with Crippen LogP contribution in [0.3, 0.4) is 0 Å². The Kier molecular flexibility index (Phi) is 2.85. The number of hydrogen-bond donors (Lipinski definition) is 1. The molecule has 0 aromatic rings. The predicted molar refractivity (Wildman–Crippen MR) is 60.5 cm³/mol. The molecule has 0 bridgehead atoms. The molecule has 0 spiro atoms. The van der Waals surface area contributed by atoms with E-state index in [0.29, 0.717) is 5.54 Å². The lowest BCUT2D eigenvalue weighted by atomic mass is 9.79. The van der Waals surface area contributed by atoms with Crippen LogP contribution >= 0.6 is 0 Å². The summed E-state index contributed by atoms with van der Waals surface area (Å²) in [6.45, 7) is 7.38. The van der Waals surface area contributed by atoms with Crippen molar-refractivity contribution in [3.05, 3.63) is 0 Å². The number of hydrogen-bond acceptors (Lipinski definition) is 2. The highest BCUT2D eigenvalue weighted by atomic mass is 15.3. The van der Waals surface area contributed by atoms with Crippen molar-refractivity contribution in [1.29, 1.82) is 0 Å². The topological polar surface area (TPSA) is 15.3 Å². The van der Waals surface area contributed by atoms with Crippen molar-refractivity contribution in [2.75, 3.05) is 20.1 Å². The average Bonchev–Trinajstić information content (AvgIpc) is 2.91. The quantitative estimate of drug-likeness (QED) is 0.741. The molecule has 1 unspecified atom stereocenters. The molecule has 1 aliphatic carbocycles. The van der Waals surface area contributed by atoms with E-state index in [1.165, 1.54) is 38.8 Å². The Labute approximate surface area is 88.1 Å². The highest BCUT2D eigenvalue weighted by molar-refractivity contribution is 5.00. The molecule has 0 radical (unpaired) electrons. The molecule has 2 heteroatoms. The summed E-state index contributed by atoms with van der Waals surface area (Å²) in [4.78, 5) is 2.76. The second kappa shape index (κ2) is 3.82. The maximum Gasteiger partial charge on any atom is 0.0196 e. The van der Waals surface area contributed by atoms with Gasteiger partial charge in [-0.05, 0) is 65.6 Å². The summed E-state index contributed by atoms with van der Waals surface area (Å²) in [6.07, 6.45) is 5.68. The molecule has 2 rings (SSSR count). The fourth-order valence-electron chi connectivity index (χ4n) is 3.02. The molecular formula is C12H24N2. The van der Waals surface area contributed by atoms with Crippen LogP contribution < -0.4 is 5.32 Å². The first kappa shape index (κ1) is 10.4. The van der Waals surface area contributed by atoms with Gasteiger partial charge in [-0.25, -0.2) is 0 Å². The molecule has 1 heterocycles. The van der Waals surface area contributed by atoms with Crippen LogP contribution in [0, 0.1) is 5.92 Å². The first-order valence-electron chi connectivity index (χ1n) is 6.07. The van der Waals surface area contributed by atoms with Gasteiger partial charge in [0.2, 0.25) is 0 Å². The van der Waals surface area contributed by atoms with Gasteiger partial charge >= 0.3 is 0 Å². The predicted octanol–water partition coefficient (Wildman–Crippen LogP) is 1.86. The summed E-state index contributed by atoms with van der Waals surface area (Å²) in [5.74, 6) is 0.835. The summed E-state index contributed by atoms with van der Waals surface area (Å²) < 4.78 is 0. The third-order valence-electron chi connectivity index (χ3n) is 4.13. The van der Waals surface area contributed by atoms with Crippen molar-refractivity contribution < 1.29 is 0 Å². The lowest BCUT2D eigenvalue weighted by molar-refractivity contribution is 0.0159. The first-order valence-corrected chi connectivity index (χ1v) is 6.07. The lowest BCUT2D eigenvalue weighted by Crippen LogP contribution is -2.56. The Balaban J connectivity index is 2.04. The normalized spacial score (nSPS) is 33.2. The van der Waals surface area contributed by atoms with Gasteiger partial charge in [0, 0.05) is 11.6 Å². The van der Waals surface area contributed by atoms with Gasteiger partial charge in [-0.3, -0.25) is 4.90 Å². The van der Waals surface area contributed by atoms with Crippen molar-refractivity contribution in [1.82, 2.24) is 10.2 Å². The van der Waals surface area contributed by atoms with Crippen LogP contribution in [-0.2, 0) is 0 Å². The molecule has 1 atom stereocenters. The van der Waals surface area contributed by atoms with Gasteiger partial charge in [0.25, 0.3) is 0 Å². The summed E-state index contributed by atoms with van der Waals surface area (Å²) in [5, 5.41) is 3.35. The smallest absolute Gasteiger partial charge is 0.0196 e. The monoisotopic (exact) mass is 196 g/mol. The zero-order chi connectivity index (χ0) is 10.2. The van der Waals surface area contributed by atoms with Crippen LogP contribution in [0.2, 0.25) is 0 Å². The standard InChI is InChI=1S/C12H24N2/c1-12(2)10(9-13-3)5-4-8-14(12)11-6-7-11/h10-11,13H,4-9H2,1-3H3. The number of piperidine rings is 1. The van der Waals surface area contributed by atoms with E-state index in [-0.39, 0.29) is 0 Å². The van der Waals surface area contributed by atoms with Crippen molar-refractivity contribution in [2.45, 2.75) is 51.1 Å². The SMILES string of the molecule is CNCC1CCCN(C2CC2)C1(C)C. The zero-order valence-corrected chi connectivity index (χ0v) is 9.84. The lowest BCUT2D eigenvalue weighted by Gasteiger charge is -2.48. The van der Waals surface area contributed by atoms with Crippen LogP contribution in [0.25, 0.3) is 0 Å². The highest BCUT2D eigenvalue weighted by Crippen LogP contribution is 2.40. The average molecular weight is 196 g/mol. The minimum absolute atomic E-state index is 0.419. The maximum absolute atomic E-state index is 3.35. The molecule has 0 amide bonds. The maximum atomic E-state index is 3.35. The van der Waals surface area contributed by atoms with Gasteiger partial charge in [0.1, 0.15) is 0 Å². The summed E-state index contributed by atoms with van der Waals surface area (Å²) in [6, 6.07) is 0.921. The van der Waals surface area contributed by atoms with E-state index < -0.39 is 0 Å². The largest absolute Gasteiger partial charge is 0.319 e. The number of rotatable bonds is 3. The molecule has 1 aliphatic heterocycles. The number of likely N-dealkylation sites (tertiary alicyclic amines) is 1. The fraction of sp³-hybridized carbons (Fsp3) is 1.00. The molecule has 1 N–H and O–H groups in total. The number of nitrogens with one attached hydrogen (secondary N) is 1. The van der Waals surface area contributed by atoms with Crippen LogP contribution in [0.5, 0.6) is 0 Å². The van der Waals surface area contributed by atoms with Crippen molar-refractivity contribution >= 4 is 0 Å². The van der Waals surface area contributed by atoms with Crippen molar-refractivity contribution in [2.24, 2.45) is 5.92 Å². The Morgan fingerprint density at radius 1 is 1.29 bits per heavy atom. The molecular weight excluding hydrogens is 172 g/mol. The molecule has 14 heavy (non-hydrogen) atoms. The Hall–Kier alpha value is -0.0800. The molecule has 1 saturated carbocycles. The van der Waals surface area contributed by atoms with E-state index in [1.807, 2.05) is 0 Å². The van der Waals surface area contributed by atoms with E-state index in [4.69, 9.17) is 0 Å². The van der Waals surface area contributed by atoms with E-state index in [9.17, 15) is 0 Å². The summed E-state index contributed by atoms with van der Waals surface area (Å²) >= 11 is 0. The van der Waals surface area contributed by atoms with Gasteiger partial charge in [-0.2, -0.15) is 0 Å². The van der Waals surface area contributed by atoms with Gasteiger partial charge in [0.15, 0.2) is 0 Å². The molecule has 2 aliphatic rings. The zero-order valence-electron chi connectivity index (χ0n) is 9.84. The highest BCUT2D eigenvalue weighted by Gasteiger charge is 2.44. The Bertz CT molecular complexity index is 194. The third kappa shape index (κ3) is 1.82. The van der Waals surface area contributed by atoms with Crippen LogP contribution in [0.4, 0.5) is 0 Å². The van der Waals surface area contributed by atoms with Gasteiger partial charge in [0.05, 0.1) is 0 Å². The van der Waals surface area contributed by atoms with Crippen LogP contribution in [0.1, 0.15) is 39.5 Å². The van der Waals surface area contributed by atoms with E-state index >= 15 is 0 Å².